The first-order valence-corrected chi connectivity index (χ1v) is 11.6. The van der Waals surface area contributed by atoms with E-state index in [1.165, 1.54) is 4.90 Å². The molecule has 3 aromatic rings. The summed E-state index contributed by atoms with van der Waals surface area (Å²) >= 11 is 3.43. The molecule has 1 heterocycles. The summed E-state index contributed by atoms with van der Waals surface area (Å²) in [5.74, 6) is -0.865. The maximum atomic E-state index is 13.2. The SMILES string of the molecule is CCCOc1ccc(/C(O)=C2/C(=O)C(=O)N(c3ccccc3)C2c2ccc(Br)cc2)cc1C. The fourth-order valence-corrected chi connectivity index (χ4v) is 4.24. The summed E-state index contributed by atoms with van der Waals surface area (Å²) in [6.45, 7) is 4.51. The Balaban J connectivity index is 1.86. The van der Waals surface area contributed by atoms with Crippen LogP contribution in [0.25, 0.3) is 5.76 Å². The van der Waals surface area contributed by atoms with Gasteiger partial charge in [-0.3, -0.25) is 14.5 Å². The number of aliphatic hydroxyl groups excluding tert-OH is 1. The van der Waals surface area contributed by atoms with Crippen molar-refractivity contribution in [2.24, 2.45) is 0 Å². The summed E-state index contributed by atoms with van der Waals surface area (Å²) in [6, 6.07) is 20.9. The molecule has 1 aliphatic heterocycles. The summed E-state index contributed by atoms with van der Waals surface area (Å²) in [5, 5.41) is 11.3. The number of aliphatic hydroxyl groups is 1. The van der Waals surface area contributed by atoms with Gasteiger partial charge in [0.15, 0.2) is 0 Å². The normalized spacial score (nSPS) is 17.4. The molecule has 0 bridgehead atoms. The standard InChI is InChI=1S/C27H24BrNO4/c1-3-15-33-22-14-11-19(16-17(22)2)25(30)23-24(18-9-12-20(28)13-10-18)29(27(32)26(23)31)21-7-5-4-6-8-21/h4-14,16,24,30H,3,15H2,1-2H3/b25-23-. The molecule has 0 aromatic heterocycles. The van der Waals surface area contributed by atoms with Crippen LogP contribution in [-0.2, 0) is 9.59 Å². The third kappa shape index (κ3) is 4.44. The Labute approximate surface area is 201 Å². The zero-order valence-electron chi connectivity index (χ0n) is 18.4. The number of ether oxygens (including phenoxy) is 1. The van der Waals surface area contributed by atoms with Crippen molar-refractivity contribution in [1.29, 1.82) is 0 Å². The molecule has 3 aromatic carbocycles. The lowest BCUT2D eigenvalue weighted by Crippen LogP contribution is -2.29. The van der Waals surface area contributed by atoms with E-state index in [1.54, 1.807) is 30.3 Å². The zero-order valence-corrected chi connectivity index (χ0v) is 20.0. The van der Waals surface area contributed by atoms with Crippen molar-refractivity contribution in [1.82, 2.24) is 0 Å². The predicted molar refractivity (Wildman–Crippen MR) is 132 cm³/mol. The molecule has 1 saturated heterocycles. The smallest absolute Gasteiger partial charge is 0.300 e. The number of ketones is 1. The fraction of sp³-hybridized carbons (Fsp3) is 0.185. The monoisotopic (exact) mass is 505 g/mol. The molecule has 1 amide bonds. The number of para-hydroxylation sites is 1. The average Bonchev–Trinajstić information content (AvgIpc) is 3.09. The third-order valence-electron chi connectivity index (χ3n) is 5.57. The Kier molecular flexibility index (Phi) is 6.65. The van der Waals surface area contributed by atoms with E-state index in [0.717, 1.165) is 27.8 Å². The second-order valence-corrected chi connectivity index (χ2v) is 8.80. The Bertz CT molecular complexity index is 1220. The number of hydrogen-bond donors (Lipinski definition) is 1. The highest BCUT2D eigenvalue weighted by Crippen LogP contribution is 2.42. The van der Waals surface area contributed by atoms with Gasteiger partial charge in [0.25, 0.3) is 11.7 Å². The van der Waals surface area contributed by atoms with E-state index in [0.29, 0.717) is 17.9 Å². The lowest BCUT2D eigenvalue weighted by molar-refractivity contribution is -0.132. The molecule has 0 saturated carbocycles. The van der Waals surface area contributed by atoms with Gasteiger partial charge in [0.2, 0.25) is 0 Å². The number of halogens is 1. The van der Waals surface area contributed by atoms with Crippen LogP contribution in [0.2, 0.25) is 0 Å². The quantitative estimate of drug-likeness (QED) is 0.247. The third-order valence-corrected chi connectivity index (χ3v) is 6.10. The number of aryl methyl sites for hydroxylation is 1. The van der Waals surface area contributed by atoms with Gasteiger partial charge >= 0.3 is 0 Å². The minimum absolute atomic E-state index is 0.0628. The minimum Gasteiger partial charge on any atom is -0.507 e. The van der Waals surface area contributed by atoms with Crippen LogP contribution >= 0.6 is 15.9 Å². The molecule has 1 fully saturated rings. The number of anilines is 1. The summed E-state index contributed by atoms with van der Waals surface area (Å²) in [6.07, 6.45) is 0.886. The van der Waals surface area contributed by atoms with Gasteiger partial charge in [-0.2, -0.15) is 0 Å². The number of carbonyl (C=O) groups is 2. The van der Waals surface area contributed by atoms with Crippen molar-refractivity contribution in [3.8, 4) is 5.75 Å². The molecule has 1 unspecified atom stereocenters. The molecule has 4 rings (SSSR count). The van der Waals surface area contributed by atoms with E-state index in [-0.39, 0.29) is 11.3 Å². The van der Waals surface area contributed by atoms with E-state index in [1.807, 2.05) is 56.3 Å². The second-order valence-electron chi connectivity index (χ2n) is 7.88. The van der Waals surface area contributed by atoms with Crippen LogP contribution < -0.4 is 9.64 Å². The first kappa shape index (κ1) is 22.8. The van der Waals surface area contributed by atoms with Gasteiger partial charge in [-0.15, -0.1) is 0 Å². The molecular weight excluding hydrogens is 482 g/mol. The number of rotatable bonds is 6. The Hall–Kier alpha value is -3.38. The maximum Gasteiger partial charge on any atom is 0.300 e. The van der Waals surface area contributed by atoms with Gasteiger partial charge in [0.1, 0.15) is 11.5 Å². The molecule has 0 radical (unpaired) electrons. The van der Waals surface area contributed by atoms with Crippen molar-refractivity contribution in [3.05, 3.63) is 99.5 Å². The lowest BCUT2D eigenvalue weighted by atomic mass is 9.94. The summed E-state index contributed by atoms with van der Waals surface area (Å²) in [7, 11) is 0. The van der Waals surface area contributed by atoms with Gasteiger partial charge in [-0.1, -0.05) is 53.2 Å². The van der Waals surface area contributed by atoms with E-state index in [4.69, 9.17) is 4.74 Å². The van der Waals surface area contributed by atoms with Gasteiger partial charge in [-0.05, 0) is 66.9 Å². The number of Topliss-reactive ketones (excluding diaryl/α,β-unsaturated/α-hetero) is 1. The first-order valence-electron chi connectivity index (χ1n) is 10.8. The number of carbonyl (C=O) groups excluding carboxylic acids is 2. The number of hydrogen-bond acceptors (Lipinski definition) is 4. The van der Waals surface area contributed by atoms with Gasteiger partial charge < -0.3 is 9.84 Å². The Morgan fingerprint density at radius 3 is 2.36 bits per heavy atom. The van der Waals surface area contributed by atoms with E-state index < -0.39 is 17.7 Å². The molecule has 168 valence electrons. The van der Waals surface area contributed by atoms with Crippen LogP contribution in [0.4, 0.5) is 5.69 Å². The molecule has 0 spiro atoms. The summed E-state index contributed by atoms with van der Waals surface area (Å²) < 4.78 is 6.61. The van der Waals surface area contributed by atoms with Crippen LogP contribution in [0, 0.1) is 6.92 Å². The van der Waals surface area contributed by atoms with E-state index >= 15 is 0 Å². The minimum atomic E-state index is -0.753. The molecule has 5 nitrogen and oxygen atoms in total. The highest BCUT2D eigenvalue weighted by atomic mass is 79.9. The highest BCUT2D eigenvalue weighted by Gasteiger charge is 2.46. The lowest BCUT2D eigenvalue weighted by Gasteiger charge is -2.25. The van der Waals surface area contributed by atoms with Gasteiger partial charge in [0.05, 0.1) is 18.2 Å². The molecule has 0 aliphatic carbocycles. The number of benzene rings is 3. The van der Waals surface area contributed by atoms with Gasteiger partial charge in [-0.25, -0.2) is 0 Å². The second kappa shape index (κ2) is 9.63. The largest absolute Gasteiger partial charge is 0.507 e. The maximum absolute atomic E-state index is 13.2. The predicted octanol–water partition coefficient (Wildman–Crippen LogP) is 6.17. The van der Waals surface area contributed by atoms with Crippen molar-refractivity contribution in [2.75, 3.05) is 11.5 Å². The highest BCUT2D eigenvalue weighted by molar-refractivity contribution is 9.10. The van der Waals surface area contributed by atoms with Gasteiger partial charge in [0, 0.05) is 15.7 Å². The Morgan fingerprint density at radius 1 is 1.03 bits per heavy atom. The molecule has 33 heavy (non-hydrogen) atoms. The number of amides is 1. The van der Waals surface area contributed by atoms with Crippen LogP contribution in [-0.4, -0.2) is 23.4 Å². The molecule has 1 N–H and O–H groups in total. The van der Waals surface area contributed by atoms with Crippen LogP contribution in [0.1, 0.15) is 36.1 Å². The summed E-state index contributed by atoms with van der Waals surface area (Å²) in [4.78, 5) is 27.8. The Morgan fingerprint density at radius 2 is 1.73 bits per heavy atom. The van der Waals surface area contributed by atoms with Crippen LogP contribution in [0.5, 0.6) is 5.75 Å². The van der Waals surface area contributed by atoms with Crippen molar-refractivity contribution in [2.45, 2.75) is 26.3 Å². The topological polar surface area (TPSA) is 66.8 Å². The van der Waals surface area contributed by atoms with Crippen LogP contribution in [0.15, 0.2) is 82.8 Å². The number of nitrogens with zero attached hydrogens (tertiary/aromatic N) is 1. The summed E-state index contributed by atoms with van der Waals surface area (Å²) in [5.41, 5.74) is 2.68. The fourth-order valence-electron chi connectivity index (χ4n) is 3.97. The van der Waals surface area contributed by atoms with Crippen molar-refractivity contribution in [3.63, 3.8) is 0 Å². The first-order chi connectivity index (χ1) is 15.9. The van der Waals surface area contributed by atoms with E-state index in [2.05, 4.69) is 15.9 Å². The zero-order chi connectivity index (χ0) is 23.5. The average molecular weight is 506 g/mol. The van der Waals surface area contributed by atoms with Crippen molar-refractivity contribution >= 4 is 39.1 Å². The van der Waals surface area contributed by atoms with Crippen LogP contribution in [0.3, 0.4) is 0 Å². The molecule has 6 heteroatoms. The van der Waals surface area contributed by atoms with E-state index in [9.17, 15) is 14.7 Å². The van der Waals surface area contributed by atoms with Crippen molar-refractivity contribution < 1.29 is 19.4 Å². The molecular formula is C27H24BrNO4. The molecule has 1 atom stereocenters. The molecule has 1 aliphatic rings.